The van der Waals surface area contributed by atoms with Crippen molar-refractivity contribution in [2.75, 3.05) is 40.1 Å². The SMILES string of the molecule is CCc1cc(N2C(=S)N(c3cnc(C#N)c(C(F)(F)F)c3)C(=O)C23CCC3)ccc1OCCC1CCN(C(C)C(=O)Nc2cc(NC3CCC(=O)NC3=O)ccc2F)CC1. The minimum absolute atomic E-state index is 0.0135. The van der Waals surface area contributed by atoms with E-state index in [-0.39, 0.29) is 34.7 Å². The number of rotatable bonds is 12. The maximum Gasteiger partial charge on any atom is 0.419 e. The molecule has 316 valence electrons. The van der Waals surface area contributed by atoms with Crippen LogP contribution in [0.3, 0.4) is 0 Å². The van der Waals surface area contributed by atoms with E-state index in [4.69, 9.17) is 17.0 Å². The monoisotopic (exact) mass is 848 g/mol. The first kappa shape index (κ1) is 42.5. The molecule has 1 aromatic heterocycles. The number of ether oxygens (including phenoxy) is 1. The van der Waals surface area contributed by atoms with Gasteiger partial charge in [0.05, 0.1) is 35.8 Å². The Morgan fingerprint density at radius 2 is 1.85 bits per heavy atom. The second kappa shape index (κ2) is 17.1. The summed E-state index contributed by atoms with van der Waals surface area (Å²) >= 11 is 5.78. The summed E-state index contributed by atoms with van der Waals surface area (Å²) < 4.78 is 62.4. The Bertz CT molecular complexity index is 2260. The molecule has 3 aromatic rings. The van der Waals surface area contributed by atoms with E-state index in [1.165, 1.54) is 24.3 Å². The van der Waals surface area contributed by atoms with E-state index in [9.17, 15) is 42.0 Å². The molecular formula is C42H44F4N8O5S. The lowest BCUT2D eigenvalue weighted by atomic mass is 9.75. The number of likely N-dealkylation sites (tertiary alicyclic amines) is 1. The van der Waals surface area contributed by atoms with E-state index in [2.05, 4.69) is 25.8 Å². The van der Waals surface area contributed by atoms with Gasteiger partial charge in [-0.25, -0.2) is 9.37 Å². The molecule has 3 aliphatic heterocycles. The van der Waals surface area contributed by atoms with Gasteiger partial charge >= 0.3 is 6.18 Å². The van der Waals surface area contributed by atoms with Crippen LogP contribution in [0, 0.1) is 23.1 Å². The highest BCUT2D eigenvalue weighted by atomic mass is 32.1. The molecule has 1 aliphatic carbocycles. The number of nitrogens with one attached hydrogen (secondary N) is 3. The predicted octanol–water partition coefficient (Wildman–Crippen LogP) is 6.46. The molecule has 2 atom stereocenters. The van der Waals surface area contributed by atoms with Gasteiger partial charge in [0, 0.05) is 17.8 Å². The quantitative estimate of drug-likeness (QED) is 0.104. The minimum atomic E-state index is -4.85. The van der Waals surface area contributed by atoms with Crippen LogP contribution in [0.5, 0.6) is 5.75 Å². The van der Waals surface area contributed by atoms with Crippen LogP contribution in [0.15, 0.2) is 48.7 Å². The molecule has 1 saturated carbocycles. The van der Waals surface area contributed by atoms with Crippen LogP contribution >= 0.6 is 12.2 Å². The fourth-order valence-corrected chi connectivity index (χ4v) is 8.79. The van der Waals surface area contributed by atoms with Crippen molar-refractivity contribution in [2.24, 2.45) is 5.92 Å². The highest BCUT2D eigenvalue weighted by Gasteiger charge is 2.60. The van der Waals surface area contributed by atoms with Gasteiger partial charge in [-0.05, 0) is 138 Å². The third-order valence-corrected chi connectivity index (χ3v) is 12.3. The molecule has 1 spiro atoms. The molecule has 2 aromatic carbocycles. The summed E-state index contributed by atoms with van der Waals surface area (Å²) in [6.45, 7) is 5.53. The number of pyridine rings is 1. The molecule has 4 amide bonds. The van der Waals surface area contributed by atoms with Gasteiger partial charge < -0.3 is 20.3 Å². The zero-order valence-electron chi connectivity index (χ0n) is 33.0. The van der Waals surface area contributed by atoms with Crippen LogP contribution < -0.4 is 30.5 Å². The number of carbonyl (C=O) groups is 4. The molecule has 3 N–H and O–H groups in total. The van der Waals surface area contributed by atoms with Crippen molar-refractivity contribution >= 4 is 63.7 Å². The molecule has 13 nitrogen and oxygen atoms in total. The van der Waals surface area contributed by atoms with E-state index in [1.54, 1.807) is 17.9 Å². The standard InChI is InChI=1S/C42H44F4N8O5S/c1-3-26-19-28(54-40(60)53(39(58)41(54)14-4-15-41)29-21-30(42(44,45)46)34(22-47)48-23-29)6-9-35(26)59-18-13-25-11-16-52(17-12-25)24(2)37(56)50-33-20-27(5-7-31(33)43)49-32-8-10-36(55)51-38(32)57/h5-7,9,19-21,23-25,32,49H,3-4,8,10-18H2,1-2H3,(H,50,56)(H,51,55,57). The molecule has 0 radical (unpaired) electrons. The first-order chi connectivity index (χ1) is 28.6. The van der Waals surface area contributed by atoms with Gasteiger partial charge in [-0.2, -0.15) is 18.4 Å². The topological polar surface area (TPSA) is 160 Å². The van der Waals surface area contributed by atoms with E-state index < -0.39 is 52.7 Å². The van der Waals surface area contributed by atoms with E-state index >= 15 is 0 Å². The number of nitriles is 1. The summed E-state index contributed by atoms with van der Waals surface area (Å²) in [6, 6.07) is 10.7. The summed E-state index contributed by atoms with van der Waals surface area (Å²) in [7, 11) is 0. The maximum atomic E-state index is 14.7. The summed E-state index contributed by atoms with van der Waals surface area (Å²) in [5.74, 6) is -1.18. The molecule has 0 bridgehead atoms. The molecule has 7 rings (SSSR count). The number of hydrogen-bond acceptors (Lipinski definition) is 10. The lowest BCUT2D eigenvalue weighted by Crippen LogP contribution is -2.55. The normalized spacial score (nSPS) is 20.1. The van der Waals surface area contributed by atoms with Crippen LogP contribution in [0.25, 0.3) is 0 Å². The van der Waals surface area contributed by atoms with Crippen molar-refractivity contribution in [3.05, 3.63) is 71.3 Å². The van der Waals surface area contributed by atoms with Crippen molar-refractivity contribution < 1.29 is 41.5 Å². The molecule has 4 heterocycles. The molecule has 60 heavy (non-hydrogen) atoms. The van der Waals surface area contributed by atoms with Gasteiger partial charge in [0.25, 0.3) is 5.91 Å². The van der Waals surface area contributed by atoms with Crippen molar-refractivity contribution in [1.82, 2.24) is 15.2 Å². The summed E-state index contributed by atoms with van der Waals surface area (Å²) in [5, 5.41) is 17.2. The third-order valence-electron chi connectivity index (χ3n) is 12.0. The van der Waals surface area contributed by atoms with Gasteiger partial charge in [-0.3, -0.25) is 34.3 Å². The van der Waals surface area contributed by atoms with Gasteiger partial charge in [0.15, 0.2) is 10.8 Å². The smallest absolute Gasteiger partial charge is 0.419 e. The zero-order valence-corrected chi connectivity index (χ0v) is 33.9. The second-order valence-corrected chi connectivity index (χ2v) is 16.0. The van der Waals surface area contributed by atoms with Gasteiger partial charge in [0.1, 0.15) is 29.2 Å². The number of anilines is 4. The zero-order chi connectivity index (χ0) is 42.9. The average Bonchev–Trinajstić information content (AvgIpc) is 3.45. The molecule has 2 unspecified atom stereocenters. The molecule has 18 heteroatoms. The number of benzene rings is 2. The summed E-state index contributed by atoms with van der Waals surface area (Å²) in [6.07, 6.45) is 1.44. The largest absolute Gasteiger partial charge is 0.493 e. The lowest BCUT2D eigenvalue weighted by Gasteiger charge is -2.43. The van der Waals surface area contributed by atoms with Crippen LogP contribution in [0.1, 0.15) is 82.0 Å². The van der Waals surface area contributed by atoms with E-state index in [0.29, 0.717) is 68.4 Å². The Balaban J connectivity index is 0.930. The highest BCUT2D eigenvalue weighted by Crippen LogP contribution is 2.49. The summed E-state index contributed by atoms with van der Waals surface area (Å²) in [5.41, 5.74) is -1.29. The average molecular weight is 849 g/mol. The first-order valence-corrected chi connectivity index (χ1v) is 20.4. The maximum absolute atomic E-state index is 14.7. The number of carbonyl (C=O) groups excluding carboxylic acids is 4. The van der Waals surface area contributed by atoms with Crippen molar-refractivity contribution in [1.29, 1.82) is 5.26 Å². The third kappa shape index (κ3) is 8.37. The summed E-state index contributed by atoms with van der Waals surface area (Å²) in [4.78, 5) is 59.4. The van der Waals surface area contributed by atoms with Crippen LogP contribution in [-0.4, -0.2) is 75.9 Å². The molecule has 4 aliphatic rings. The first-order valence-electron chi connectivity index (χ1n) is 20.0. The Hall–Kier alpha value is -5.67. The van der Waals surface area contributed by atoms with Crippen LogP contribution in [0.2, 0.25) is 0 Å². The number of alkyl halides is 3. The Kier molecular flexibility index (Phi) is 12.1. The number of hydrogen-bond donors (Lipinski definition) is 3. The van der Waals surface area contributed by atoms with E-state index in [1.807, 2.05) is 19.1 Å². The number of thiocarbonyl (C=S) groups is 1. The number of halogens is 4. The van der Waals surface area contributed by atoms with Gasteiger partial charge in [-0.1, -0.05) is 6.92 Å². The predicted molar refractivity (Wildman–Crippen MR) is 218 cm³/mol. The number of aromatic nitrogens is 1. The van der Waals surface area contributed by atoms with Crippen LogP contribution in [-0.2, 0) is 31.8 Å². The molecule has 4 fully saturated rings. The number of nitrogens with zero attached hydrogens (tertiary/aromatic N) is 5. The number of imide groups is 1. The highest BCUT2D eigenvalue weighted by molar-refractivity contribution is 7.81. The molecular weight excluding hydrogens is 805 g/mol. The lowest BCUT2D eigenvalue weighted by molar-refractivity contribution is -0.138. The Morgan fingerprint density at radius 1 is 1.10 bits per heavy atom. The Morgan fingerprint density at radius 3 is 2.50 bits per heavy atom. The van der Waals surface area contributed by atoms with Gasteiger partial charge in [0.2, 0.25) is 17.7 Å². The number of aryl methyl sites for hydroxylation is 1. The van der Waals surface area contributed by atoms with Gasteiger partial charge in [-0.15, -0.1) is 0 Å². The number of amides is 4. The van der Waals surface area contributed by atoms with Crippen molar-refractivity contribution in [3.8, 4) is 11.8 Å². The fraction of sp³-hybridized carbons (Fsp3) is 0.452. The van der Waals surface area contributed by atoms with E-state index in [0.717, 1.165) is 48.4 Å². The number of piperidine rings is 2. The van der Waals surface area contributed by atoms with Crippen LogP contribution in [0.4, 0.5) is 40.3 Å². The van der Waals surface area contributed by atoms with Crippen molar-refractivity contribution in [2.45, 2.75) is 95.4 Å². The fourth-order valence-electron chi connectivity index (χ4n) is 8.32. The molecule has 3 saturated heterocycles. The Labute approximate surface area is 349 Å². The second-order valence-electron chi connectivity index (χ2n) is 15.6. The minimum Gasteiger partial charge on any atom is -0.493 e. The van der Waals surface area contributed by atoms with Crippen molar-refractivity contribution in [3.63, 3.8) is 0 Å².